The summed E-state index contributed by atoms with van der Waals surface area (Å²) in [6.07, 6.45) is 0. The van der Waals surface area contributed by atoms with E-state index in [0.29, 0.717) is 0 Å². The van der Waals surface area contributed by atoms with Crippen LogP contribution in [0.2, 0.25) is 0 Å². The van der Waals surface area contributed by atoms with Gasteiger partial charge in [-0.15, -0.1) is 0 Å². The molecule has 0 bridgehead atoms. The van der Waals surface area contributed by atoms with Crippen LogP contribution < -0.4 is 0 Å². The van der Waals surface area contributed by atoms with Crippen LogP contribution in [0.15, 0.2) is 0 Å². The largest absolute Gasteiger partial charge is 4.00 e. The van der Waals surface area contributed by atoms with Gasteiger partial charge in [0.25, 0.3) is 0 Å². The van der Waals surface area contributed by atoms with Crippen LogP contribution in [0.25, 0.3) is 0 Å². The average Bonchev–Trinajstić information content (AvgIpc) is 0. The molecule has 2 nitrogen and oxygen atoms in total. The van der Waals surface area contributed by atoms with Gasteiger partial charge in [-0.05, 0) is 0 Å². The first-order valence-electron chi connectivity index (χ1n) is 0. The molecule has 0 amide bonds. The zero-order chi connectivity index (χ0) is 0. The summed E-state index contributed by atoms with van der Waals surface area (Å²) in [5.41, 5.74) is 0. The van der Waals surface area contributed by atoms with Gasteiger partial charge in [0.05, 0.1) is 0 Å². The second-order valence-corrected chi connectivity index (χ2v) is 0. The molecule has 0 unspecified atom stereocenters. The summed E-state index contributed by atoms with van der Waals surface area (Å²) in [4.78, 5) is 0. The molecule has 0 fully saturated rings. The number of hydrogen-bond acceptors (Lipinski definition) is 0. The first-order valence-corrected chi connectivity index (χ1v) is 0. The molecule has 0 saturated carbocycles. The van der Waals surface area contributed by atoms with E-state index in [2.05, 4.69) is 0 Å². The SMILES string of the molecule is [Cl].[O-2].[O-2].[Ru+4]. The van der Waals surface area contributed by atoms with Gasteiger partial charge in [0.2, 0.25) is 0 Å². The molecule has 1 radical (unpaired) electrons. The van der Waals surface area contributed by atoms with Crippen molar-refractivity contribution in [3.63, 3.8) is 0 Å². The van der Waals surface area contributed by atoms with Gasteiger partial charge in [0.1, 0.15) is 0 Å². The van der Waals surface area contributed by atoms with E-state index in [0.717, 1.165) is 0 Å². The average molecular weight is 169 g/mol. The van der Waals surface area contributed by atoms with Crippen molar-refractivity contribution in [2.24, 2.45) is 0 Å². The van der Waals surface area contributed by atoms with Crippen molar-refractivity contribution >= 4 is 12.4 Å². The maximum atomic E-state index is 0. The second-order valence-electron chi connectivity index (χ2n) is 0. The van der Waals surface area contributed by atoms with Crippen LogP contribution in [0.3, 0.4) is 0 Å². The summed E-state index contributed by atoms with van der Waals surface area (Å²) in [6, 6.07) is 0. The van der Waals surface area contributed by atoms with Crippen LogP contribution in [-0.2, 0) is 30.4 Å². The van der Waals surface area contributed by atoms with Crippen molar-refractivity contribution in [2.75, 3.05) is 0 Å². The first kappa shape index (κ1) is 102. The van der Waals surface area contributed by atoms with Crippen LogP contribution in [0.5, 0.6) is 0 Å². The van der Waals surface area contributed by atoms with E-state index >= 15 is 0 Å². The summed E-state index contributed by atoms with van der Waals surface area (Å²) < 4.78 is 0. The monoisotopic (exact) mass is 169 g/mol. The molecular formula is ClO2Ru. The van der Waals surface area contributed by atoms with E-state index in [9.17, 15) is 0 Å². The molecule has 4 heteroatoms. The molecule has 0 aromatic heterocycles. The second kappa shape index (κ2) is 44.3. The molecule has 0 aliphatic rings. The minimum Gasteiger partial charge on any atom is -2.00 e. The van der Waals surface area contributed by atoms with E-state index in [1.807, 2.05) is 0 Å². The minimum atomic E-state index is 0. The normalized spacial score (nSPS) is 0. The maximum Gasteiger partial charge on any atom is 4.00 e. The van der Waals surface area contributed by atoms with E-state index in [1.165, 1.54) is 0 Å². The smallest absolute Gasteiger partial charge is 2.00 e. The van der Waals surface area contributed by atoms with Crippen molar-refractivity contribution in [2.45, 2.75) is 0 Å². The maximum absolute atomic E-state index is 0. The molecular weight excluding hydrogens is 169 g/mol. The third-order valence-electron chi connectivity index (χ3n) is 0. The van der Waals surface area contributed by atoms with Crippen LogP contribution >= 0.6 is 12.4 Å². The summed E-state index contributed by atoms with van der Waals surface area (Å²) in [6.45, 7) is 0. The van der Waals surface area contributed by atoms with Crippen LogP contribution in [-0.4, -0.2) is 0 Å². The Bertz CT molecular complexity index is 6.00. The zero-order valence-electron chi connectivity index (χ0n) is 1.55. The molecule has 0 N–H and O–H groups in total. The Morgan fingerprint density at radius 1 is 0.750 bits per heavy atom. The minimum absolute atomic E-state index is 0. The molecule has 0 heterocycles. The zero-order valence-corrected chi connectivity index (χ0v) is 4.04. The Morgan fingerprint density at radius 3 is 0.750 bits per heavy atom. The van der Waals surface area contributed by atoms with Gasteiger partial charge in [0, 0.05) is 12.4 Å². The van der Waals surface area contributed by atoms with E-state index in [1.54, 1.807) is 0 Å². The summed E-state index contributed by atoms with van der Waals surface area (Å²) in [5.74, 6) is 0. The predicted octanol–water partition coefficient (Wildman–Crippen LogP) is 0.449. The van der Waals surface area contributed by atoms with E-state index in [-0.39, 0.29) is 42.8 Å². The molecule has 0 spiro atoms. The summed E-state index contributed by atoms with van der Waals surface area (Å²) in [5, 5.41) is 0. The molecule has 0 aliphatic heterocycles. The van der Waals surface area contributed by atoms with Crippen LogP contribution in [0.4, 0.5) is 0 Å². The molecule has 4 heavy (non-hydrogen) atoms. The van der Waals surface area contributed by atoms with E-state index < -0.39 is 0 Å². The Balaban J connectivity index is 0. The van der Waals surface area contributed by atoms with Gasteiger partial charge in [-0.25, -0.2) is 0 Å². The number of halogens is 1. The van der Waals surface area contributed by atoms with Crippen molar-refractivity contribution in [1.82, 2.24) is 0 Å². The van der Waals surface area contributed by atoms with Crippen molar-refractivity contribution in [1.29, 1.82) is 0 Å². The van der Waals surface area contributed by atoms with Gasteiger partial charge in [-0.1, -0.05) is 0 Å². The fraction of sp³-hybridized carbons (Fsp3) is 0. The third-order valence-corrected chi connectivity index (χ3v) is 0. The summed E-state index contributed by atoms with van der Waals surface area (Å²) in [7, 11) is 0. The van der Waals surface area contributed by atoms with Gasteiger partial charge in [-0.3, -0.25) is 0 Å². The van der Waals surface area contributed by atoms with Crippen molar-refractivity contribution in [3.05, 3.63) is 0 Å². The van der Waals surface area contributed by atoms with Crippen LogP contribution in [0.1, 0.15) is 0 Å². The van der Waals surface area contributed by atoms with Gasteiger partial charge in [-0.2, -0.15) is 0 Å². The van der Waals surface area contributed by atoms with Crippen molar-refractivity contribution < 1.29 is 30.4 Å². The predicted molar refractivity (Wildman–Crippen MR) is 7.23 cm³/mol. The standard InChI is InChI=1S/Cl.2O.Ru/q;2*-2;+4. The fourth-order valence-corrected chi connectivity index (χ4v) is 0. The fourth-order valence-electron chi connectivity index (χ4n) is 0. The molecule has 0 rings (SSSR count). The van der Waals surface area contributed by atoms with Gasteiger partial charge in [0.15, 0.2) is 0 Å². The molecule has 0 aliphatic carbocycles. The molecule has 27 valence electrons. The van der Waals surface area contributed by atoms with Gasteiger partial charge < -0.3 is 11.0 Å². The molecule has 0 aromatic rings. The topological polar surface area (TPSA) is 57.0 Å². The number of hydrogen-bond donors (Lipinski definition) is 0. The Morgan fingerprint density at radius 2 is 0.750 bits per heavy atom. The Kier molecular flexibility index (Phi) is 1130. The summed E-state index contributed by atoms with van der Waals surface area (Å²) >= 11 is 0. The van der Waals surface area contributed by atoms with Crippen LogP contribution in [0, 0.1) is 0 Å². The molecule has 0 atom stereocenters. The van der Waals surface area contributed by atoms with Gasteiger partial charge >= 0.3 is 19.5 Å². The molecule has 0 aromatic carbocycles. The third kappa shape index (κ3) is 13.7. The first-order chi connectivity index (χ1) is 0. The molecule has 0 saturated heterocycles. The quantitative estimate of drug-likeness (QED) is 0.472. The van der Waals surface area contributed by atoms with Crippen molar-refractivity contribution in [3.8, 4) is 0 Å². The Labute approximate surface area is 43.4 Å². The Hall–Kier alpha value is 0.833. The number of rotatable bonds is 0. The van der Waals surface area contributed by atoms with E-state index in [4.69, 9.17) is 0 Å².